The third kappa shape index (κ3) is 5.35. The number of hydrogen-bond donors (Lipinski definition) is 1. The fraction of sp³-hybridized carbons (Fsp3) is 0.409. The zero-order valence-corrected chi connectivity index (χ0v) is 18.5. The van der Waals surface area contributed by atoms with Gasteiger partial charge in [0.1, 0.15) is 5.75 Å². The number of anilines is 1. The summed E-state index contributed by atoms with van der Waals surface area (Å²) in [6, 6.07) is 13.0. The average Bonchev–Trinajstić information content (AvgIpc) is 2.73. The van der Waals surface area contributed by atoms with Crippen molar-refractivity contribution in [1.82, 2.24) is 10.2 Å². The number of piperazine rings is 1. The third-order valence-corrected chi connectivity index (χ3v) is 6.01. The first kappa shape index (κ1) is 21.8. The Morgan fingerprint density at radius 1 is 1.07 bits per heavy atom. The van der Waals surface area contributed by atoms with Gasteiger partial charge in [-0.05, 0) is 43.7 Å². The molecule has 1 aliphatic heterocycles. The molecule has 5 nitrogen and oxygen atoms in total. The van der Waals surface area contributed by atoms with Gasteiger partial charge in [-0.2, -0.15) is 0 Å². The molecule has 0 radical (unpaired) electrons. The second-order valence-corrected chi connectivity index (χ2v) is 8.14. The van der Waals surface area contributed by atoms with Crippen molar-refractivity contribution >= 4 is 34.8 Å². The number of carbonyl (C=O) groups is 1. The lowest BCUT2D eigenvalue weighted by molar-refractivity contribution is -0.126. The lowest BCUT2D eigenvalue weighted by Crippen LogP contribution is -2.54. The topological polar surface area (TPSA) is 44.8 Å². The molecule has 2 aromatic rings. The van der Waals surface area contributed by atoms with E-state index in [9.17, 15) is 4.79 Å². The number of nitrogens with zero attached hydrogens (tertiary/aromatic N) is 2. The standard InChI is InChI=1S/C22H27Cl2N3O2/c1-15(20-8-7-17(23)13-21(20)24)25-22(28)16(2)26-9-11-27(12-10-26)18-5-4-6-19(14-18)29-3/h4-8,13-16H,9-12H2,1-3H3,(H,25,28). The highest BCUT2D eigenvalue weighted by atomic mass is 35.5. The van der Waals surface area contributed by atoms with Gasteiger partial charge in [-0.25, -0.2) is 0 Å². The van der Waals surface area contributed by atoms with Crippen LogP contribution in [0.3, 0.4) is 0 Å². The predicted octanol–water partition coefficient (Wildman–Crippen LogP) is 4.39. The van der Waals surface area contributed by atoms with Gasteiger partial charge < -0.3 is 15.0 Å². The summed E-state index contributed by atoms with van der Waals surface area (Å²) >= 11 is 12.2. The molecule has 7 heteroatoms. The molecule has 0 spiro atoms. The van der Waals surface area contributed by atoms with Crippen molar-refractivity contribution in [3.8, 4) is 5.75 Å². The lowest BCUT2D eigenvalue weighted by Gasteiger charge is -2.38. The highest BCUT2D eigenvalue weighted by Gasteiger charge is 2.27. The molecular weight excluding hydrogens is 409 g/mol. The summed E-state index contributed by atoms with van der Waals surface area (Å²) in [6.45, 7) is 7.25. The van der Waals surface area contributed by atoms with Crippen molar-refractivity contribution in [3.05, 3.63) is 58.1 Å². The quantitative estimate of drug-likeness (QED) is 0.730. The third-order valence-electron chi connectivity index (χ3n) is 5.45. The number of amides is 1. The van der Waals surface area contributed by atoms with Crippen molar-refractivity contribution in [3.63, 3.8) is 0 Å². The Kier molecular flexibility index (Phi) is 7.28. The van der Waals surface area contributed by atoms with Gasteiger partial charge in [0, 0.05) is 48.0 Å². The lowest BCUT2D eigenvalue weighted by atomic mass is 10.1. The van der Waals surface area contributed by atoms with Gasteiger partial charge in [-0.1, -0.05) is 35.3 Å². The number of halogens is 2. The Bertz CT molecular complexity index is 854. The van der Waals surface area contributed by atoms with Gasteiger partial charge in [0.05, 0.1) is 19.2 Å². The van der Waals surface area contributed by atoms with Crippen molar-refractivity contribution in [2.24, 2.45) is 0 Å². The number of rotatable bonds is 6. The number of benzene rings is 2. The molecule has 156 valence electrons. The molecule has 3 rings (SSSR count). The van der Waals surface area contributed by atoms with Crippen molar-refractivity contribution in [2.75, 3.05) is 38.2 Å². The van der Waals surface area contributed by atoms with E-state index in [0.717, 1.165) is 43.2 Å². The Morgan fingerprint density at radius 3 is 2.45 bits per heavy atom. The van der Waals surface area contributed by atoms with Crippen molar-refractivity contribution < 1.29 is 9.53 Å². The molecule has 1 heterocycles. The maximum Gasteiger partial charge on any atom is 0.237 e. The minimum atomic E-state index is -0.212. The number of nitrogens with one attached hydrogen (secondary N) is 1. The second-order valence-electron chi connectivity index (χ2n) is 7.30. The zero-order chi connectivity index (χ0) is 21.0. The molecule has 2 atom stereocenters. The highest BCUT2D eigenvalue weighted by Crippen LogP contribution is 2.26. The summed E-state index contributed by atoms with van der Waals surface area (Å²) in [6.07, 6.45) is 0. The summed E-state index contributed by atoms with van der Waals surface area (Å²) in [5, 5.41) is 4.22. The normalized spacial score (nSPS) is 16.9. The van der Waals surface area contributed by atoms with Crippen LogP contribution in [0.2, 0.25) is 10.0 Å². The first-order valence-corrected chi connectivity index (χ1v) is 10.5. The second kappa shape index (κ2) is 9.70. The monoisotopic (exact) mass is 435 g/mol. The molecule has 2 aromatic carbocycles. The molecule has 1 fully saturated rings. The van der Waals surface area contributed by atoms with E-state index in [2.05, 4.69) is 21.2 Å². The van der Waals surface area contributed by atoms with Crippen LogP contribution in [-0.4, -0.2) is 50.1 Å². The summed E-state index contributed by atoms with van der Waals surface area (Å²) in [5.74, 6) is 0.853. The van der Waals surface area contributed by atoms with Crippen LogP contribution in [0.25, 0.3) is 0 Å². The Hall–Kier alpha value is -1.95. The van der Waals surface area contributed by atoms with Gasteiger partial charge in [0.15, 0.2) is 0 Å². The molecule has 0 saturated carbocycles. The van der Waals surface area contributed by atoms with Crippen LogP contribution in [0.5, 0.6) is 5.75 Å². The summed E-state index contributed by atoms with van der Waals surface area (Å²) in [4.78, 5) is 17.3. The molecule has 0 aliphatic carbocycles. The van der Waals surface area contributed by atoms with Crippen LogP contribution in [0.4, 0.5) is 5.69 Å². The maximum absolute atomic E-state index is 12.8. The van der Waals surface area contributed by atoms with Crippen LogP contribution in [-0.2, 0) is 4.79 Å². The molecule has 0 aromatic heterocycles. The summed E-state index contributed by atoms with van der Waals surface area (Å²) in [5.41, 5.74) is 2.01. The van der Waals surface area contributed by atoms with E-state index in [1.54, 1.807) is 19.2 Å². The zero-order valence-electron chi connectivity index (χ0n) is 17.0. The fourth-order valence-corrected chi connectivity index (χ4v) is 4.18. The van der Waals surface area contributed by atoms with E-state index >= 15 is 0 Å². The minimum absolute atomic E-state index is 0.00153. The van der Waals surface area contributed by atoms with E-state index in [4.69, 9.17) is 27.9 Å². The van der Waals surface area contributed by atoms with Gasteiger partial charge >= 0.3 is 0 Å². The molecule has 1 saturated heterocycles. The molecule has 1 N–H and O–H groups in total. The van der Waals surface area contributed by atoms with Gasteiger partial charge in [0.2, 0.25) is 5.91 Å². The smallest absolute Gasteiger partial charge is 0.237 e. The van der Waals surface area contributed by atoms with E-state index in [0.29, 0.717) is 10.0 Å². The molecule has 1 amide bonds. The average molecular weight is 436 g/mol. The number of methoxy groups -OCH3 is 1. The molecule has 29 heavy (non-hydrogen) atoms. The van der Waals surface area contributed by atoms with Crippen molar-refractivity contribution in [1.29, 1.82) is 0 Å². The Morgan fingerprint density at radius 2 is 1.79 bits per heavy atom. The van der Waals surface area contributed by atoms with Crippen molar-refractivity contribution in [2.45, 2.75) is 25.9 Å². The summed E-state index contributed by atoms with van der Waals surface area (Å²) in [7, 11) is 1.68. The van der Waals surface area contributed by atoms with Gasteiger partial charge in [-0.15, -0.1) is 0 Å². The largest absolute Gasteiger partial charge is 0.497 e. The number of ether oxygens (including phenoxy) is 1. The first-order valence-electron chi connectivity index (χ1n) is 9.77. The van der Waals surface area contributed by atoms with Crippen LogP contribution in [0.1, 0.15) is 25.5 Å². The number of hydrogen-bond acceptors (Lipinski definition) is 4. The summed E-state index contributed by atoms with van der Waals surface area (Å²) < 4.78 is 5.32. The van der Waals surface area contributed by atoms with E-state index in [1.165, 1.54) is 0 Å². The van der Waals surface area contributed by atoms with Gasteiger partial charge in [-0.3, -0.25) is 9.69 Å². The number of carbonyl (C=O) groups excluding carboxylic acids is 1. The van der Waals surface area contributed by atoms with E-state index in [-0.39, 0.29) is 18.0 Å². The fourth-order valence-electron chi connectivity index (χ4n) is 3.60. The van der Waals surface area contributed by atoms with Crippen LogP contribution in [0, 0.1) is 0 Å². The van der Waals surface area contributed by atoms with Gasteiger partial charge in [0.25, 0.3) is 0 Å². The minimum Gasteiger partial charge on any atom is -0.497 e. The molecule has 0 bridgehead atoms. The van der Waals surface area contributed by atoms with E-state index in [1.807, 2.05) is 38.1 Å². The SMILES string of the molecule is COc1cccc(N2CCN(C(C)C(=O)NC(C)c3ccc(Cl)cc3Cl)CC2)c1. The Balaban J connectivity index is 1.55. The Labute approximate surface area is 182 Å². The maximum atomic E-state index is 12.8. The van der Waals surface area contributed by atoms with Crippen LogP contribution in [0.15, 0.2) is 42.5 Å². The van der Waals surface area contributed by atoms with Crippen LogP contribution < -0.4 is 15.0 Å². The highest BCUT2D eigenvalue weighted by molar-refractivity contribution is 6.35. The van der Waals surface area contributed by atoms with Crippen LogP contribution >= 0.6 is 23.2 Å². The van der Waals surface area contributed by atoms with E-state index < -0.39 is 0 Å². The first-order chi connectivity index (χ1) is 13.9. The molecule has 2 unspecified atom stereocenters. The molecule has 1 aliphatic rings. The molecular formula is C22H27Cl2N3O2. The predicted molar refractivity (Wildman–Crippen MR) is 119 cm³/mol.